The first kappa shape index (κ1) is 13.5. The Balaban J connectivity index is 2.29. The van der Waals surface area contributed by atoms with Crippen molar-refractivity contribution in [2.24, 2.45) is 5.41 Å². The van der Waals surface area contributed by atoms with Crippen LogP contribution in [-0.4, -0.2) is 17.7 Å². The number of halogens is 1. The molecule has 3 nitrogen and oxygen atoms in total. The van der Waals surface area contributed by atoms with E-state index in [9.17, 15) is 9.18 Å². The molecule has 0 saturated carbocycles. The number of hydrogen-bond donors (Lipinski definition) is 1. The zero-order valence-corrected chi connectivity index (χ0v) is 10.1. The Kier molecular flexibility index (Phi) is 4.49. The van der Waals surface area contributed by atoms with Crippen molar-refractivity contribution in [3.63, 3.8) is 0 Å². The summed E-state index contributed by atoms with van der Waals surface area (Å²) in [5, 5.41) is 8.91. The molecule has 94 valence electrons. The highest BCUT2D eigenvalue weighted by atomic mass is 19.1. The molecule has 0 aliphatic heterocycles. The fourth-order valence-electron chi connectivity index (χ4n) is 1.34. The number of rotatable bonds is 6. The molecule has 0 bridgehead atoms. The molecule has 17 heavy (non-hydrogen) atoms. The fourth-order valence-corrected chi connectivity index (χ4v) is 1.34. The molecule has 0 aliphatic rings. The van der Waals surface area contributed by atoms with E-state index in [1.165, 1.54) is 12.1 Å². The molecule has 0 aromatic heterocycles. The van der Waals surface area contributed by atoms with Gasteiger partial charge in [-0.3, -0.25) is 4.79 Å². The van der Waals surface area contributed by atoms with Crippen molar-refractivity contribution in [1.29, 1.82) is 0 Å². The van der Waals surface area contributed by atoms with E-state index in [2.05, 4.69) is 0 Å². The van der Waals surface area contributed by atoms with E-state index < -0.39 is 11.4 Å². The summed E-state index contributed by atoms with van der Waals surface area (Å²) in [6.07, 6.45) is 1.19. The van der Waals surface area contributed by atoms with Crippen LogP contribution in [0, 0.1) is 11.2 Å². The second-order valence-electron chi connectivity index (χ2n) is 4.59. The zero-order chi connectivity index (χ0) is 12.9. The minimum absolute atomic E-state index is 0.302. The van der Waals surface area contributed by atoms with E-state index in [-0.39, 0.29) is 5.82 Å². The van der Waals surface area contributed by atoms with Crippen molar-refractivity contribution < 1.29 is 19.0 Å². The quantitative estimate of drug-likeness (QED) is 0.777. The maximum atomic E-state index is 12.6. The summed E-state index contributed by atoms with van der Waals surface area (Å²) in [5.74, 6) is -0.511. The van der Waals surface area contributed by atoms with Crippen LogP contribution in [0.25, 0.3) is 0 Å². The summed E-state index contributed by atoms with van der Waals surface area (Å²) < 4.78 is 18.0. The molecular formula is C13H17FO3. The first-order chi connectivity index (χ1) is 7.92. The Labute approximate surface area is 100 Å². The average molecular weight is 240 g/mol. The molecule has 0 fully saturated rings. The molecule has 4 heteroatoms. The molecule has 0 saturated heterocycles. The first-order valence-electron chi connectivity index (χ1n) is 5.53. The van der Waals surface area contributed by atoms with Gasteiger partial charge in [-0.25, -0.2) is 4.39 Å². The predicted octanol–water partition coefficient (Wildman–Crippen LogP) is 3.10. The topological polar surface area (TPSA) is 46.5 Å². The lowest BCUT2D eigenvalue weighted by molar-refractivity contribution is -0.147. The van der Waals surface area contributed by atoms with Gasteiger partial charge in [0, 0.05) is 0 Å². The van der Waals surface area contributed by atoms with Crippen LogP contribution in [0.2, 0.25) is 0 Å². The van der Waals surface area contributed by atoms with Crippen molar-refractivity contribution in [3.05, 3.63) is 30.1 Å². The molecule has 1 aromatic rings. The molecule has 0 atom stereocenters. The third-order valence-corrected chi connectivity index (χ3v) is 2.61. The molecule has 1 aromatic carbocycles. The van der Waals surface area contributed by atoms with Crippen LogP contribution in [0.1, 0.15) is 26.7 Å². The van der Waals surface area contributed by atoms with Gasteiger partial charge >= 0.3 is 5.97 Å². The van der Waals surface area contributed by atoms with Gasteiger partial charge in [-0.1, -0.05) is 0 Å². The van der Waals surface area contributed by atoms with E-state index in [0.717, 1.165) is 0 Å². The lowest BCUT2D eigenvalue weighted by Gasteiger charge is -2.18. The van der Waals surface area contributed by atoms with Gasteiger partial charge in [0.1, 0.15) is 11.6 Å². The maximum absolute atomic E-state index is 12.6. The summed E-state index contributed by atoms with van der Waals surface area (Å²) in [7, 11) is 0. The molecule has 1 rings (SSSR count). The number of aliphatic carboxylic acids is 1. The number of benzene rings is 1. The van der Waals surface area contributed by atoms with Crippen LogP contribution < -0.4 is 4.74 Å². The van der Waals surface area contributed by atoms with Gasteiger partial charge in [-0.05, 0) is 51.0 Å². The first-order valence-corrected chi connectivity index (χ1v) is 5.53. The smallest absolute Gasteiger partial charge is 0.309 e. The average Bonchev–Trinajstić information content (AvgIpc) is 2.26. The maximum Gasteiger partial charge on any atom is 0.309 e. The van der Waals surface area contributed by atoms with Crippen molar-refractivity contribution in [3.8, 4) is 5.75 Å². The van der Waals surface area contributed by atoms with E-state index in [1.807, 2.05) is 0 Å². The molecule has 1 N–H and O–H groups in total. The Bertz CT molecular complexity index is 371. The third-order valence-electron chi connectivity index (χ3n) is 2.61. The lowest BCUT2D eigenvalue weighted by atomic mass is 9.88. The highest BCUT2D eigenvalue weighted by molar-refractivity contribution is 5.73. The van der Waals surface area contributed by atoms with Crippen LogP contribution >= 0.6 is 0 Å². The SMILES string of the molecule is CC(C)(CCCOc1ccc(F)cc1)C(=O)O. The number of carboxylic acid groups (broad SMARTS) is 1. The minimum Gasteiger partial charge on any atom is -0.494 e. The summed E-state index contributed by atoms with van der Waals surface area (Å²) in [6, 6.07) is 5.77. The molecule has 0 amide bonds. The Morgan fingerprint density at radius 1 is 1.35 bits per heavy atom. The molecule has 0 unspecified atom stereocenters. The number of hydrogen-bond acceptors (Lipinski definition) is 2. The normalized spacial score (nSPS) is 11.2. The monoisotopic (exact) mass is 240 g/mol. The highest BCUT2D eigenvalue weighted by Gasteiger charge is 2.26. The van der Waals surface area contributed by atoms with Gasteiger partial charge in [0.25, 0.3) is 0 Å². The number of ether oxygens (including phenoxy) is 1. The van der Waals surface area contributed by atoms with Gasteiger partial charge in [0.2, 0.25) is 0 Å². The van der Waals surface area contributed by atoms with Crippen LogP contribution in [0.5, 0.6) is 5.75 Å². The van der Waals surface area contributed by atoms with Gasteiger partial charge in [0.15, 0.2) is 0 Å². The lowest BCUT2D eigenvalue weighted by Crippen LogP contribution is -2.24. The van der Waals surface area contributed by atoms with Crippen molar-refractivity contribution in [2.45, 2.75) is 26.7 Å². The standard InChI is InChI=1S/C13H17FO3/c1-13(2,12(15)16)8-3-9-17-11-6-4-10(14)5-7-11/h4-7H,3,8-9H2,1-2H3,(H,15,16). The molecular weight excluding hydrogens is 223 g/mol. The van der Waals surface area contributed by atoms with Gasteiger partial charge in [-0.2, -0.15) is 0 Å². The van der Waals surface area contributed by atoms with Crippen LogP contribution in [0.4, 0.5) is 4.39 Å². The summed E-state index contributed by atoms with van der Waals surface area (Å²) >= 11 is 0. The van der Waals surface area contributed by atoms with Crippen LogP contribution in [-0.2, 0) is 4.79 Å². The van der Waals surface area contributed by atoms with Crippen LogP contribution in [0.15, 0.2) is 24.3 Å². The second kappa shape index (κ2) is 5.66. The number of carbonyl (C=O) groups is 1. The van der Waals surface area contributed by atoms with E-state index in [0.29, 0.717) is 25.2 Å². The van der Waals surface area contributed by atoms with E-state index in [1.54, 1.807) is 26.0 Å². The minimum atomic E-state index is -0.806. The largest absolute Gasteiger partial charge is 0.494 e. The zero-order valence-electron chi connectivity index (χ0n) is 10.1. The Hall–Kier alpha value is -1.58. The molecule has 0 radical (unpaired) electrons. The third kappa shape index (κ3) is 4.43. The summed E-state index contributed by atoms with van der Waals surface area (Å²) in [4.78, 5) is 10.8. The van der Waals surface area contributed by atoms with E-state index in [4.69, 9.17) is 9.84 Å². The molecule has 0 spiro atoms. The van der Waals surface area contributed by atoms with Gasteiger partial charge in [0.05, 0.1) is 12.0 Å². The number of carboxylic acids is 1. The molecule has 0 aliphatic carbocycles. The fraction of sp³-hybridized carbons (Fsp3) is 0.462. The van der Waals surface area contributed by atoms with Crippen molar-refractivity contribution in [2.75, 3.05) is 6.61 Å². The summed E-state index contributed by atoms with van der Waals surface area (Å²) in [6.45, 7) is 3.81. The second-order valence-corrected chi connectivity index (χ2v) is 4.59. The Morgan fingerprint density at radius 2 is 1.94 bits per heavy atom. The van der Waals surface area contributed by atoms with Crippen LogP contribution in [0.3, 0.4) is 0 Å². The van der Waals surface area contributed by atoms with Crippen molar-refractivity contribution in [1.82, 2.24) is 0 Å². The van der Waals surface area contributed by atoms with Gasteiger partial charge in [-0.15, -0.1) is 0 Å². The Morgan fingerprint density at radius 3 is 2.47 bits per heavy atom. The predicted molar refractivity (Wildman–Crippen MR) is 62.5 cm³/mol. The van der Waals surface area contributed by atoms with E-state index >= 15 is 0 Å². The highest BCUT2D eigenvalue weighted by Crippen LogP contribution is 2.22. The molecule has 0 heterocycles. The summed E-state index contributed by atoms with van der Waals surface area (Å²) in [5.41, 5.74) is -0.730. The van der Waals surface area contributed by atoms with Crippen molar-refractivity contribution >= 4 is 5.97 Å². The van der Waals surface area contributed by atoms with Gasteiger partial charge < -0.3 is 9.84 Å².